The maximum atomic E-state index is 12.0. The number of hydrogen-bond acceptors (Lipinski definition) is 3. The van der Waals surface area contributed by atoms with Crippen molar-refractivity contribution in [3.8, 4) is 0 Å². The molecule has 2 N–H and O–H groups in total. The predicted octanol–water partition coefficient (Wildman–Crippen LogP) is 1.66. The van der Waals surface area contributed by atoms with Crippen LogP contribution in [0.1, 0.15) is 45.4 Å². The quantitative estimate of drug-likeness (QED) is 0.733. The molecule has 2 saturated heterocycles. The highest BCUT2D eigenvalue weighted by molar-refractivity contribution is 5.74. The number of urea groups is 1. The minimum absolute atomic E-state index is 0.00153. The van der Waals surface area contributed by atoms with E-state index in [1.165, 1.54) is 25.9 Å². The first-order valence-electron chi connectivity index (χ1n) is 8.58. The van der Waals surface area contributed by atoms with Gasteiger partial charge in [0.15, 0.2) is 0 Å². The predicted molar refractivity (Wildman–Crippen MR) is 84.3 cm³/mol. The normalized spacial score (nSPS) is 24.5. The van der Waals surface area contributed by atoms with Crippen molar-refractivity contribution in [1.82, 2.24) is 15.1 Å². The molecule has 0 spiro atoms. The number of carbonyl (C=O) groups excluding carboxylic acids is 1. The first-order valence-corrected chi connectivity index (χ1v) is 8.58. The zero-order chi connectivity index (χ0) is 15.1. The largest absolute Gasteiger partial charge is 0.394 e. The van der Waals surface area contributed by atoms with Gasteiger partial charge in [-0.25, -0.2) is 4.79 Å². The number of nitrogens with one attached hydrogen (secondary N) is 1. The molecule has 5 heteroatoms. The maximum absolute atomic E-state index is 12.0. The molecule has 2 heterocycles. The van der Waals surface area contributed by atoms with Crippen LogP contribution in [0.2, 0.25) is 0 Å². The van der Waals surface area contributed by atoms with E-state index >= 15 is 0 Å². The number of unbranched alkanes of at least 4 members (excludes halogenated alkanes) is 1. The standard InChI is InChI=1S/C16H31N3O2/c1-14-6-11-18(12-7-14)9-3-2-8-17-16(21)19-10-4-5-15(19)13-20/h14-15,20H,2-13H2,1H3,(H,17,21). The van der Waals surface area contributed by atoms with Crippen molar-refractivity contribution in [1.29, 1.82) is 0 Å². The molecule has 2 rings (SSSR count). The van der Waals surface area contributed by atoms with E-state index in [-0.39, 0.29) is 18.7 Å². The van der Waals surface area contributed by atoms with Gasteiger partial charge in [-0.3, -0.25) is 0 Å². The number of hydrogen-bond donors (Lipinski definition) is 2. The first-order chi connectivity index (χ1) is 10.2. The summed E-state index contributed by atoms with van der Waals surface area (Å²) in [7, 11) is 0. The number of piperidine rings is 1. The minimum Gasteiger partial charge on any atom is -0.394 e. The van der Waals surface area contributed by atoms with Gasteiger partial charge in [-0.1, -0.05) is 6.92 Å². The lowest BCUT2D eigenvalue weighted by Crippen LogP contribution is -2.44. The van der Waals surface area contributed by atoms with Crippen LogP contribution in [0, 0.1) is 5.92 Å². The van der Waals surface area contributed by atoms with Gasteiger partial charge in [0.1, 0.15) is 0 Å². The van der Waals surface area contributed by atoms with Crippen LogP contribution in [0.5, 0.6) is 0 Å². The highest BCUT2D eigenvalue weighted by Crippen LogP contribution is 2.17. The van der Waals surface area contributed by atoms with E-state index in [1.807, 2.05) is 0 Å². The number of rotatable bonds is 6. The Morgan fingerprint density at radius 2 is 1.95 bits per heavy atom. The second-order valence-corrected chi connectivity index (χ2v) is 6.64. The molecule has 0 aromatic carbocycles. The van der Waals surface area contributed by atoms with E-state index in [4.69, 9.17) is 0 Å². The maximum Gasteiger partial charge on any atom is 0.317 e. The Morgan fingerprint density at radius 1 is 1.19 bits per heavy atom. The van der Waals surface area contributed by atoms with Gasteiger partial charge in [-0.2, -0.15) is 0 Å². The van der Waals surface area contributed by atoms with Crippen molar-refractivity contribution in [3.05, 3.63) is 0 Å². The van der Waals surface area contributed by atoms with Crippen LogP contribution in [-0.2, 0) is 0 Å². The monoisotopic (exact) mass is 297 g/mol. The Bertz CT molecular complexity index is 317. The van der Waals surface area contributed by atoms with Crippen LogP contribution in [0.3, 0.4) is 0 Å². The molecule has 5 nitrogen and oxygen atoms in total. The van der Waals surface area contributed by atoms with E-state index < -0.39 is 0 Å². The molecule has 0 saturated carbocycles. The van der Waals surface area contributed by atoms with Crippen molar-refractivity contribution in [2.45, 2.75) is 51.5 Å². The second kappa shape index (κ2) is 8.59. The molecular formula is C16H31N3O2. The zero-order valence-corrected chi connectivity index (χ0v) is 13.4. The summed E-state index contributed by atoms with van der Waals surface area (Å²) in [5, 5.41) is 12.2. The van der Waals surface area contributed by atoms with Gasteiger partial charge in [0.2, 0.25) is 0 Å². The van der Waals surface area contributed by atoms with Crippen LogP contribution < -0.4 is 5.32 Å². The summed E-state index contributed by atoms with van der Waals surface area (Å²) < 4.78 is 0. The van der Waals surface area contributed by atoms with Crippen molar-refractivity contribution in [2.75, 3.05) is 39.3 Å². The first kappa shape index (κ1) is 16.6. The molecule has 2 aliphatic heterocycles. The Labute approximate surface area is 128 Å². The topological polar surface area (TPSA) is 55.8 Å². The van der Waals surface area contributed by atoms with Crippen LogP contribution in [-0.4, -0.2) is 66.3 Å². The Morgan fingerprint density at radius 3 is 2.67 bits per heavy atom. The molecule has 2 amide bonds. The van der Waals surface area contributed by atoms with E-state index in [1.54, 1.807) is 4.90 Å². The van der Waals surface area contributed by atoms with Crippen molar-refractivity contribution < 1.29 is 9.90 Å². The third kappa shape index (κ3) is 5.15. The van der Waals surface area contributed by atoms with Gasteiger partial charge in [0.05, 0.1) is 12.6 Å². The number of carbonyl (C=O) groups is 1. The lowest BCUT2D eigenvalue weighted by molar-refractivity contribution is 0.156. The van der Waals surface area contributed by atoms with Crippen LogP contribution >= 0.6 is 0 Å². The lowest BCUT2D eigenvalue weighted by atomic mass is 9.99. The molecule has 0 aliphatic carbocycles. The fourth-order valence-corrected chi connectivity index (χ4v) is 3.34. The third-order valence-corrected chi connectivity index (χ3v) is 4.90. The van der Waals surface area contributed by atoms with Gasteiger partial charge in [0, 0.05) is 13.1 Å². The van der Waals surface area contributed by atoms with E-state index in [0.717, 1.165) is 51.2 Å². The highest BCUT2D eigenvalue weighted by atomic mass is 16.3. The molecule has 2 aliphatic rings. The van der Waals surface area contributed by atoms with Crippen LogP contribution in [0.4, 0.5) is 4.79 Å². The Kier molecular flexibility index (Phi) is 6.77. The third-order valence-electron chi connectivity index (χ3n) is 4.90. The number of aliphatic hydroxyl groups is 1. The Hall–Kier alpha value is -0.810. The zero-order valence-electron chi connectivity index (χ0n) is 13.4. The molecule has 0 aromatic rings. The highest BCUT2D eigenvalue weighted by Gasteiger charge is 2.27. The lowest BCUT2D eigenvalue weighted by Gasteiger charge is -2.30. The van der Waals surface area contributed by atoms with Crippen LogP contribution in [0.25, 0.3) is 0 Å². The number of nitrogens with zero attached hydrogens (tertiary/aromatic N) is 2. The molecule has 1 atom stereocenters. The summed E-state index contributed by atoms with van der Waals surface area (Å²) in [6.07, 6.45) is 6.78. The summed E-state index contributed by atoms with van der Waals surface area (Å²) in [6, 6.07) is 0.0266. The molecule has 2 fully saturated rings. The molecule has 1 unspecified atom stereocenters. The van der Waals surface area contributed by atoms with Gasteiger partial charge >= 0.3 is 6.03 Å². The minimum atomic E-state index is -0.00153. The summed E-state index contributed by atoms with van der Waals surface area (Å²) in [5.74, 6) is 0.889. The summed E-state index contributed by atoms with van der Waals surface area (Å²) in [5.41, 5.74) is 0. The average molecular weight is 297 g/mol. The molecule has 0 bridgehead atoms. The van der Waals surface area contributed by atoms with E-state index in [9.17, 15) is 9.90 Å². The van der Waals surface area contributed by atoms with Crippen molar-refractivity contribution in [3.63, 3.8) is 0 Å². The van der Waals surface area contributed by atoms with Gasteiger partial charge in [-0.05, 0) is 64.1 Å². The Balaban J connectivity index is 1.52. The van der Waals surface area contributed by atoms with E-state index in [2.05, 4.69) is 17.1 Å². The van der Waals surface area contributed by atoms with Gasteiger partial charge in [0.25, 0.3) is 0 Å². The summed E-state index contributed by atoms with van der Waals surface area (Å²) in [6.45, 7) is 7.58. The smallest absolute Gasteiger partial charge is 0.317 e. The summed E-state index contributed by atoms with van der Waals surface area (Å²) in [4.78, 5) is 16.3. The number of likely N-dealkylation sites (tertiary alicyclic amines) is 2. The average Bonchev–Trinajstić information content (AvgIpc) is 2.97. The molecular weight excluding hydrogens is 266 g/mol. The van der Waals surface area contributed by atoms with E-state index in [0.29, 0.717) is 0 Å². The van der Waals surface area contributed by atoms with Gasteiger partial charge < -0.3 is 20.2 Å². The van der Waals surface area contributed by atoms with Crippen LogP contribution in [0.15, 0.2) is 0 Å². The number of amides is 2. The van der Waals surface area contributed by atoms with Crippen molar-refractivity contribution in [2.24, 2.45) is 5.92 Å². The molecule has 0 aromatic heterocycles. The summed E-state index contributed by atoms with van der Waals surface area (Å²) >= 11 is 0. The number of aliphatic hydroxyl groups excluding tert-OH is 1. The molecule has 122 valence electrons. The fourth-order valence-electron chi connectivity index (χ4n) is 3.34. The SMILES string of the molecule is CC1CCN(CCCCNC(=O)N2CCCC2CO)CC1. The molecule has 0 radical (unpaired) electrons. The molecule has 21 heavy (non-hydrogen) atoms. The van der Waals surface area contributed by atoms with Crippen molar-refractivity contribution >= 4 is 6.03 Å². The second-order valence-electron chi connectivity index (χ2n) is 6.64. The fraction of sp³-hybridized carbons (Fsp3) is 0.938. The van der Waals surface area contributed by atoms with Gasteiger partial charge in [-0.15, -0.1) is 0 Å².